The molecule has 0 aliphatic carbocycles. The van der Waals surface area contributed by atoms with Crippen LogP contribution in [0.2, 0.25) is 10.0 Å². The van der Waals surface area contributed by atoms with Crippen LogP contribution in [0.15, 0.2) is 30.5 Å². The summed E-state index contributed by atoms with van der Waals surface area (Å²) in [6, 6.07) is 6.49. The second-order valence-electron chi connectivity index (χ2n) is 6.22. The summed E-state index contributed by atoms with van der Waals surface area (Å²) in [4.78, 5) is 23.6. The molecule has 3 rings (SSSR count). The molecule has 0 aliphatic heterocycles. The Kier molecular flexibility index (Phi) is 6.46. The number of nitrogens with zero attached hydrogens (tertiary/aromatic N) is 2. The van der Waals surface area contributed by atoms with Gasteiger partial charge in [-0.1, -0.05) is 35.3 Å². The van der Waals surface area contributed by atoms with Crippen LogP contribution < -0.4 is 10.6 Å². The number of pyridine rings is 1. The normalized spacial score (nSPS) is 11.1. The number of rotatable bonds is 6. The Labute approximate surface area is 175 Å². The summed E-state index contributed by atoms with van der Waals surface area (Å²) in [5.74, 6) is -0.652. The third-order valence-corrected chi connectivity index (χ3v) is 4.95. The second-order valence-corrected chi connectivity index (χ2v) is 7.01. The van der Waals surface area contributed by atoms with E-state index in [2.05, 4.69) is 25.6 Å². The SMILES string of the molecule is CNCc1cnc(C(F)F)c(C(=O)Nc2nc(-c3cccc(Cl)c3Cl)c(C)[nH]2)c1. The standard InChI is InChI=1S/C19H17Cl2F2N5O/c1-9-15(11-4-3-5-13(20)14(11)21)27-19(26-9)28-18(29)12-6-10(7-24-2)8-25-16(12)17(22)23/h3-6,8,17,24H,7H2,1-2H3,(H2,26,27,28,29). The first-order valence-corrected chi connectivity index (χ1v) is 9.31. The van der Waals surface area contributed by atoms with Crippen molar-refractivity contribution in [1.82, 2.24) is 20.3 Å². The number of anilines is 1. The molecule has 1 amide bonds. The highest BCUT2D eigenvalue weighted by molar-refractivity contribution is 6.43. The lowest BCUT2D eigenvalue weighted by Crippen LogP contribution is -2.18. The summed E-state index contributed by atoms with van der Waals surface area (Å²) >= 11 is 12.3. The molecule has 0 saturated carbocycles. The van der Waals surface area contributed by atoms with Gasteiger partial charge in [0.2, 0.25) is 5.95 Å². The maximum absolute atomic E-state index is 13.3. The lowest BCUT2D eigenvalue weighted by atomic mass is 10.1. The first-order chi connectivity index (χ1) is 13.8. The van der Waals surface area contributed by atoms with Crippen LogP contribution in [-0.4, -0.2) is 27.9 Å². The summed E-state index contributed by atoms with van der Waals surface area (Å²) in [6.45, 7) is 2.13. The molecule has 3 N–H and O–H groups in total. The average molecular weight is 440 g/mol. The summed E-state index contributed by atoms with van der Waals surface area (Å²) in [7, 11) is 1.70. The van der Waals surface area contributed by atoms with Gasteiger partial charge in [-0.15, -0.1) is 0 Å². The van der Waals surface area contributed by atoms with Gasteiger partial charge in [0.05, 0.1) is 21.3 Å². The van der Waals surface area contributed by atoms with Gasteiger partial charge in [-0.2, -0.15) is 0 Å². The number of halogens is 4. The fourth-order valence-electron chi connectivity index (χ4n) is 2.82. The van der Waals surface area contributed by atoms with E-state index in [0.29, 0.717) is 39.1 Å². The van der Waals surface area contributed by atoms with Crippen LogP contribution in [0, 0.1) is 6.92 Å². The Morgan fingerprint density at radius 2 is 2.07 bits per heavy atom. The predicted molar refractivity (Wildman–Crippen MR) is 109 cm³/mol. The first kappa shape index (κ1) is 21.2. The van der Waals surface area contributed by atoms with Crippen LogP contribution in [-0.2, 0) is 6.54 Å². The van der Waals surface area contributed by atoms with E-state index < -0.39 is 18.0 Å². The maximum Gasteiger partial charge on any atom is 0.281 e. The second kappa shape index (κ2) is 8.86. The van der Waals surface area contributed by atoms with Crippen LogP contribution in [0.3, 0.4) is 0 Å². The largest absolute Gasteiger partial charge is 0.328 e. The van der Waals surface area contributed by atoms with E-state index >= 15 is 0 Å². The van der Waals surface area contributed by atoms with Crippen LogP contribution in [0.1, 0.15) is 33.7 Å². The molecule has 0 bridgehead atoms. The number of imidazole rings is 1. The van der Waals surface area contributed by atoms with E-state index in [1.54, 1.807) is 32.2 Å². The smallest absolute Gasteiger partial charge is 0.281 e. The summed E-state index contributed by atoms with van der Waals surface area (Å²) < 4.78 is 26.6. The summed E-state index contributed by atoms with van der Waals surface area (Å²) in [6.07, 6.45) is -1.58. The summed E-state index contributed by atoms with van der Waals surface area (Å²) in [5.41, 5.74) is 1.49. The van der Waals surface area contributed by atoms with Crippen molar-refractivity contribution in [2.45, 2.75) is 19.9 Å². The van der Waals surface area contributed by atoms with E-state index in [1.165, 1.54) is 12.3 Å². The Bertz CT molecular complexity index is 1060. The molecule has 1 aromatic carbocycles. The van der Waals surface area contributed by atoms with E-state index in [4.69, 9.17) is 23.2 Å². The third kappa shape index (κ3) is 4.55. The third-order valence-electron chi connectivity index (χ3n) is 4.13. The zero-order chi connectivity index (χ0) is 21.1. The Hall–Kier alpha value is -2.55. The minimum Gasteiger partial charge on any atom is -0.328 e. The molecule has 0 radical (unpaired) electrons. The monoisotopic (exact) mass is 439 g/mol. The first-order valence-electron chi connectivity index (χ1n) is 8.55. The number of aryl methyl sites for hydroxylation is 1. The molecule has 0 fully saturated rings. The van der Waals surface area contributed by atoms with Crippen LogP contribution in [0.5, 0.6) is 0 Å². The molecule has 6 nitrogen and oxygen atoms in total. The van der Waals surface area contributed by atoms with Gasteiger partial charge in [-0.25, -0.2) is 13.8 Å². The Morgan fingerprint density at radius 1 is 1.31 bits per heavy atom. The lowest BCUT2D eigenvalue weighted by molar-refractivity contribution is 0.100. The van der Waals surface area contributed by atoms with Crippen molar-refractivity contribution in [1.29, 1.82) is 0 Å². The zero-order valence-electron chi connectivity index (χ0n) is 15.5. The van der Waals surface area contributed by atoms with Gasteiger partial charge in [-0.3, -0.25) is 15.1 Å². The molecule has 0 atom stereocenters. The molecule has 2 aromatic heterocycles. The molecular weight excluding hydrogens is 423 g/mol. The molecule has 0 aliphatic rings. The lowest BCUT2D eigenvalue weighted by Gasteiger charge is -2.10. The molecular formula is C19H17Cl2F2N5O. The van der Waals surface area contributed by atoms with E-state index in [9.17, 15) is 13.6 Å². The molecule has 2 heterocycles. The Morgan fingerprint density at radius 3 is 2.76 bits per heavy atom. The van der Waals surface area contributed by atoms with Gasteiger partial charge >= 0.3 is 0 Å². The highest BCUT2D eigenvalue weighted by atomic mass is 35.5. The van der Waals surface area contributed by atoms with Gasteiger partial charge in [0.25, 0.3) is 12.3 Å². The van der Waals surface area contributed by atoms with Crippen molar-refractivity contribution in [3.8, 4) is 11.3 Å². The number of hydrogen-bond acceptors (Lipinski definition) is 4. The number of alkyl halides is 2. The van der Waals surface area contributed by atoms with Crippen molar-refractivity contribution in [3.63, 3.8) is 0 Å². The predicted octanol–water partition coefficient (Wildman–Crippen LogP) is 5.00. The summed E-state index contributed by atoms with van der Waals surface area (Å²) in [5, 5.41) is 6.09. The number of hydrogen-bond donors (Lipinski definition) is 3. The molecule has 0 unspecified atom stereocenters. The number of nitrogens with one attached hydrogen (secondary N) is 3. The zero-order valence-corrected chi connectivity index (χ0v) is 17.0. The van der Waals surface area contributed by atoms with E-state index in [1.807, 2.05) is 0 Å². The maximum atomic E-state index is 13.3. The molecule has 152 valence electrons. The number of H-pyrrole nitrogens is 1. The Balaban J connectivity index is 1.92. The van der Waals surface area contributed by atoms with Gasteiger partial charge in [0.15, 0.2) is 0 Å². The number of aromatic amines is 1. The van der Waals surface area contributed by atoms with Crippen molar-refractivity contribution in [3.05, 3.63) is 63.0 Å². The number of carbonyl (C=O) groups is 1. The minimum absolute atomic E-state index is 0.0952. The van der Waals surface area contributed by atoms with Crippen LogP contribution in [0.25, 0.3) is 11.3 Å². The van der Waals surface area contributed by atoms with Crippen molar-refractivity contribution in [2.24, 2.45) is 0 Å². The van der Waals surface area contributed by atoms with Gasteiger partial charge in [0, 0.05) is 24.0 Å². The molecule has 3 aromatic rings. The highest BCUT2D eigenvalue weighted by Crippen LogP contribution is 2.34. The molecule has 0 spiro atoms. The molecule has 29 heavy (non-hydrogen) atoms. The fourth-order valence-corrected chi connectivity index (χ4v) is 3.21. The van der Waals surface area contributed by atoms with Gasteiger partial charge < -0.3 is 10.3 Å². The topological polar surface area (TPSA) is 82.7 Å². The van der Waals surface area contributed by atoms with Crippen molar-refractivity contribution >= 4 is 35.1 Å². The minimum atomic E-state index is -2.89. The van der Waals surface area contributed by atoms with Crippen LogP contribution >= 0.6 is 23.2 Å². The number of amides is 1. The molecule has 10 heteroatoms. The number of aromatic nitrogens is 3. The van der Waals surface area contributed by atoms with E-state index in [0.717, 1.165) is 0 Å². The van der Waals surface area contributed by atoms with Gasteiger partial charge in [-0.05, 0) is 31.7 Å². The highest BCUT2D eigenvalue weighted by Gasteiger charge is 2.22. The van der Waals surface area contributed by atoms with Crippen LogP contribution in [0.4, 0.5) is 14.7 Å². The van der Waals surface area contributed by atoms with Gasteiger partial charge in [0.1, 0.15) is 5.69 Å². The average Bonchev–Trinajstić information content (AvgIpc) is 3.03. The van der Waals surface area contributed by atoms with Crippen molar-refractivity contribution < 1.29 is 13.6 Å². The number of carbonyl (C=O) groups excluding carboxylic acids is 1. The fraction of sp³-hybridized carbons (Fsp3) is 0.211. The number of benzene rings is 1. The van der Waals surface area contributed by atoms with Crippen molar-refractivity contribution in [2.75, 3.05) is 12.4 Å². The quantitative estimate of drug-likeness (QED) is 0.504. The van der Waals surface area contributed by atoms with E-state index in [-0.39, 0.29) is 11.5 Å². The molecule has 0 saturated heterocycles.